The Kier molecular flexibility index (Phi) is 4.51. The van der Waals surface area contributed by atoms with Gasteiger partial charge in [-0.3, -0.25) is 14.7 Å². The number of carbonyl (C=O) groups is 1. The first-order chi connectivity index (χ1) is 10.3. The normalized spacial score (nSPS) is 26.1. The predicted molar refractivity (Wildman–Crippen MR) is 79.6 cm³/mol. The standard InChI is InChI=1S/C16H23N3O2/c1-21-9-8-19-7-5-13-10-18(12-15(13)16(19)20)11-14-4-2-3-6-17-14/h2-4,6,13,15H,5,7-12H2,1H3/t13-,15-/m1/s1. The fraction of sp³-hybridized carbons (Fsp3) is 0.625. The van der Waals surface area contributed by atoms with Gasteiger partial charge in [-0.25, -0.2) is 0 Å². The molecule has 0 bridgehead atoms. The Morgan fingerprint density at radius 2 is 2.29 bits per heavy atom. The first-order valence-corrected chi connectivity index (χ1v) is 7.68. The van der Waals surface area contributed by atoms with Crippen molar-refractivity contribution >= 4 is 5.91 Å². The zero-order valence-corrected chi connectivity index (χ0v) is 12.6. The first kappa shape index (κ1) is 14.5. The number of likely N-dealkylation sites (tertiary alicyclic amines) is 2. The zero-order chi connectivity index (χ0) is 14.7. The van der Waals surface area contributed by atoms with Crippen LogP contribution < -0.4 is 0 Å². The maximum absolute atomic E-state index is 12.5. The number of methoxy groups -OCH3 is 1. The molecule has 0 radical (unpaired) electrons. The topological polar surface area (TPSA) is 45.7 Å². The van der Waals surface area contributed by atoms with Crippen LogP contribution in [0, 0.1) is 11.8 Å². The number of piperidine rings is 1. The highest BCUT2D eigenvalue weighted by atomic mass is 16.5. The van der Waals surface area contributed by atoms with Gasteiger partial charge in [0.25, 0.3) is 0 Å². The SMILES string of the molecule is COCCN1CC[C@@H]2CN(Cc3ccccn3)C[C@H]2C1=O. The van der Waals surface area contributed by atoms with Gasteiger partial charge in [0.05, 0.1) is 18.2 Å². The van der Waals surface area contributed by atoms with Crippen LogP contribution in [0.4, 0.5) is 0 Å². The van der Waals surface area contributed by atoms with Crippen molar-refractivity contribution in [3.8, 4) is 0 Å². The van der Waals surface area contributed by atoms with Gasteiger partial charge >= 0.3 is 0 Å². The second-order valence-corrected chi connectivity index (χ2v) is 5.99. The molecule has 2 fully saturated rings. The molecule has 3 rings (SSSR count). The van der Waals surface area contributed by atoms with E-state index in [-0.39, 0.29) is 5.92 Å². The van der Waals surface area contributed by atoms with Crippen LogP contribution in [0.3, 0.4) is 0 Å². The highest BCUT2D eigenvalue weighted by Gasteiger charge is 2.42. The van der Waals surface area contributed by atoms with Gasteiger partial charge in [-0.05, 0) is 24.5 Å². The molecular formula is C16H23N3O2. The van der Waals surface area contributed by atoms with Gasteiger partial charge < -0.3 is 9.64 Å². The quantitative estimate of drug-likeness (QED) is 0.811. The largest absolute Gasteiger partial charge is 0.383 e. The molecule has 5 heteroatoms. The van der Waals surface area contributed by atoms with Crippen LogP contribution >= 0.6 is 0 Å². The van der Waals surface area contributed by atoms with E-state index in [0.29, 0.717) is 18.4 Å². The third-order valence-electron chi connectivity index (χ3n) is 4.59. The summed E-state index contributed by atoms with van der Waals surface area (Å²) in [6, 6.07) is 6.00. The molecule has 0 saturated carbocycles. The molecule has 2 atom stereocenters. The number of hydrogen-bond acceptors (Lipinski definition) is 4. The molecule has 2 aliphatic heterocycles. The minimum atomic E-state index is 0.166. The molecule has 114 valence electrons. The summed E-state index contributed by atoms with van der Waals surface area (Å²) in [4.78, 5) is 21.3. The Hall–Kier alpha value is -1.46. The number of nitrogens with zero attached hydrogens (tertiary/aromatic N) is 3. The number of ether oxygens (including phenoxy) is 1. The maximum Gasteiger partial charge on any atom is 0.227 e. The Morgan fingerprint density at radius 1 is 1.38 bits per heavy atom. The maximum atomic E-state index is 12.5. The van der Waals surface area contributed by atoms with E-state index in [4.69, 9.17) is 4.74 Å². The van der Waals surface area contributed by atoms with Gasteiger partial charge in [0.1, 0.15) is 0 Å². The number of fused-ring (bicyclic) bond motifs is 1. The third kappa shape index (κ3) is 3.24. The Labute approximate surface area is 125 Å². The van der Waals surface area contributed by atoms with Crippen molar-refractivity contribution in [2.45, 2.75) is 13.0 Å². The molecule has 0 unspecified atom stereocenters. The number of rotatable bonds is 5. The van der Waals surface area contributed by atoms with Crippen LogP contribution in [0.2, 0.25) is 0 Å². The van der Waals surface area contributed by atoms with E-state index in [2.05, 4.69) is 16.0 Å². The lowest BCUT2D eigenvalue weighted by atomic mass is 9.88. The molecule has 2 aliphatic rings. The molecule has 0 aromatic carbocycles. The number of pyridine rings is 1. The van der Waals surface area contributed by atoms with E-state index < -0.39 is 0 Å². The molecule has 0 spiro atoms. The summed E-state index contributed by atoms with van der Waals surface area (Å²) in [6.45, 7) is 4.95. The van der Waals surface area contributed by atoms with E-state index in [9.17, 15) is 4.79 Å². The summed E-state index contributed by atoms with van der Waals surface area (Å²) < 4.78 is 5.09. The van der Waals surface area contributed by atoms with Crippen LogP contribution in [0.15, 0.2) is 24.4 Å². The van der Waals surface area contributed by atoms with E-state index >= 15 is 0 Å². The van der Waals surface area contributed by atoms with Crippen molar-refractivity contribution in [2.75, 3.05) is 39.9 Å². The summed E-state index contributed by atoms with van der Waals surface area (Å²) in [6.07, 6.45) is 2.94. The van der Waals surface area contributed by atoms with Gasteiger partial charge in [0.2, 0.25) is 5.91 Å². The fourth-order valence-corrected chi connectivity index (χ4v) is 3.47. The van der Waals surface area contributed by atoms with Crippen molar-refractivity contribution in [2.24, 2.45) is 11.8 Å². The molecule has 5 nitrogen and oxygen atoms in total. The molecule has 0 aliphatic carbocycles. The lowest BCUT2D eigenvalue weighted by Crippen LogP contribution is -2.46. The van der Waals surface area contributed by atoms with Gasteiger partial charge in [0.15, 0.2) is 0 Å². The minimum absolute atomic E-state index is 0.166. The fourth-order valence-electron chi connectivity index (χ4n) is 3.47. The first-order valence-electron chi connectivity index (χ1n) is 7.68. The molecule has 0 N–H and O–H groups in total. The van der Waals surface area contributed by atoms with Gasteiger partial charge in [-0.2, -0.15) is 0 Å². The second-order valence-electron chi connectivity index (χ2n) is 5.99. The zero-order valence-electron chi connectivity index (χ0n) is 12.6. The van der Waals surface area contributed by atoms with Crippen molar-refractivity contribution < 1.29 is 9.53 Å². The highest BCUT2D eigenvalue weighted by Crippen LogP contribution is 2.32. The highest BCUT2D eigenvalue weighted by molar-refractivity contribution is 5.80. The van der Waals surface area contributed by atoms with E-state index in [0.717, 1.165) is 44.8 Å². The van der Waals surface area contributed by atoms with Gasteiger partial charge in [-0.1, -0.05) is 6.07 Å². The summed E-state index contributed by atoms with van der Waals surface area (Å²) in [7, 11) is 1.68. The number of hydrogen-bond donors (Lipinski definition) is 0. The molecule has 1 amide bonds. The molecule has 21 heavy (non-hydrogen) atoms. The van der Waals surface area contributed by atoms with E-state index in [1.165, 1.54) is 0 Å². The molecule has 2 saturated heterocycles. The lowest BCUT2D eigenvalue weighted by molar-refractivity contribution is -0.140. The molecular weight excluding hydrogens is 266 g/mol. The van der Waals surface area contributed by atoms with E-state index in [1.807, 2.05) is 23.2 Å². The molecule has 3 heterocycles. The van der Waals surface area contributed by atoms with E-state index in [1.54, 1.807) is 7.11 Å². The second kappa shape index (κ2) is 6.54. The number of aromatic nitrogens is 1. The minimum Gasteiger partial charge on any atom is -0.383 e. The van der Waals surface area contributed by atoms with Crippen molar-refractivity contribution in [1.82, 2.24) is 14.8 Å². The van der Waals surface area contributed by atoms with Crippen LogP contribution in [0.5, 0.6) is 0 Å². The summed E-state index contributed by atoms with van der Waals surface area (Å²) >= 11 is 0. The predicted octanol–water partition coefficient (Wildman–Crippen LogP) is 1.01. The van der Waals surface area contributed by atoms with Crippen LogP contribution in [-0.2, 0) is 16.1 Å². The summed E-state index contributed by atoms with van der Waals surface area (Å²) in [5.41, 5.74) is 1.08. The van der Waals surface area contributed by atoms with Crippen LogP contribution in [-0.4, -0.2) is 60.6 Å². The van der Waals surface area contributed by atoms with Crippen LogP contribution in [0.25, 0.3) is 0 Å². The van der Waals surface area contributed by atoms with Gasteiger partial charge in [-0.15, -0.1) is 0 Å². The Morgan fingerprint density at radius 3 is 3.05 bits per heavy atom. The average Bonchev–Trinajstić information content (AvgIpc) is 2.91. The average molecular weight is 289 g/mol. The lowest BCUT2D eigenvalue weighted by Gasteiger charge is -2.33. The molecule has 1 aromatic rings. The molecule has 1 aromatic heterocycles. The Balaban J connectivity index is 1.59. The smallest absolute Gasteiger partial charge is 0.227 e. The number of carbonyl (C=O) groups excluding carboxylic acids is 1. The van der Waals surface area contributed by atoms with Crippen LogP contribution in [0.1, 0.15) is 12.1 Å². The Bertz CT molecular complexity index is 480. The van der Waals surface area contributed by atoms with Gasteiger partial charge in [0, 0.05) is 46.0 Å². The van der Waals surface area contributed by atoms with Crippen molar-refractivity contribution in [3.05, 3.63) is 30.1 Å². The number of amides is 1. The monoisotopic (exact) mass is 289 g/mol. The van der Waals surface area contributed by atoms with Crippen molar-refractivity contribution in [1.29, 1.82) is 0 Å². The van der Waals surface area contributed by atoms with Crippen molar-refractivity contribution in [3.63, 3.8) is 0 Å². The summed E-state index contributed by atoms with van der Waals surface area (Å²) in [5, 5.41) is 0. The third-order valence-corrected chi connectivity index (χ3v) is 4.59. The summed E-state index contributed by atoms with van der Waals surface area (Å²) in [5.74, 6) is 0.992.